The van der Waals surface area contributed by atoms with Crippen LogP contribution in [0.3, 0.4) is 0 Å². The van der Waals surface area contributed by atoms with Crippen molar-refractivity contribution in [2.24, 2.45) is 0 Å². The van der Waals surface area contributed by atoms with Gasteiger partial charge in [0.2, 0.25) is 0 Å². The first kappa shape index (κ1) is 9.94. The predicted octanol–water partition coefficient (Wildman–Crippen LogP) is 2.20. The Balaban J connectivity index is 2.22. The molecular weight excluding hydrogens is 196 g/mol. The summed E-state index contributed by atoms with van der Waals surface area (Å²) in [6.07, 6.45) is 4.51. The van der Waals surface area contributed by atoms with Crippen molar-refractivity contribution in [1.82, 2.24) is 10.3 Å². The number of fused-ring (bicyclic) bond motifs is 1. The normalized spacial score (nSPS) is 17.8. The molecular formula is C11H15ClN2. The van der Waals surface area contributed by atoms with Gasteiger partial charge in [-0.3, -0.25) is 0 Å². The molecule has 0 radical (unpaired) electrons. The second kappa shape index (κ2) is 4.76. The zero-order chi connectivity index (χ0) is 9.80. The minimum Gasteiger partial charge on any atom is -0.317 e. The summed E-state index contributed by atoms with van der Waals surface area (Å²) < 4.78 is 0. The maximum Gasteiger partial charge on any atom is 0.129 e. The molecule has 1 N–H and O–H groups in total. The topological polar surface area (TPSA) is 24.9 Å². The number of aryl methyl sites for hydroxylation is 2. The molecule has 3 heteroatoms. The molecule has 1 aromatic rings. The van der Waals surface area contributed by atoms with E-state index in [2.05, 4.69) is 16.4 Å². The van der Waals surface area contributed by atoms with Gasteiger partial charge in [0.05, 0.1) is 0 Å². The van der Waals surface area contributed by atoms with E-state index in [1.54, 1.807) is 0 Å². The summed E-state index contributed by atoms with van der Waals surface area (Å²) in [6, 6.07) is 4.02. The molecule has 0 fully saturated rings. The Morgan fingerprint density at radius 2 is 1.93 bits per heavy atom. The highest BCUT2D eigenvalue weighted by Gasteiger charge is 2.07. The summed E-state index contributed by atoms with van der Waals surface area (Å²) in [6.45, 7) is 2.20. The monoisotopic (exact) mass is 210 g/mol. The molecule has 1 aliphatic heterocycles. The van der Waals surface area contributed by atoms with Crippen LogP contribution in [0, 0.1) is 0 Å². The molecule has 2 rings (SSSR count). The summed E-state index contributed by atoms with van der Waals surface area (Å²) in [4.78, 5) is 4.39. The van der Waals surface area contributed by atoms with Crippen LogP contribution in [0.2, 0.25) is 5.15 Å². The molecule has 0 aromatic carbocycles. The molecule has 0 saturated carbocycles. The second-order valence-electron chi connectivity index (χ2n) is 3.70. The summed E-state index contributed by atoms with van der Waals surface area (Å²) >= 11 is 5.88. The van der Waals surface area contributed by atoms with Crippen LogP contribution in [0.4, 0.5) is 0 Å². The molecule has 1 aromatic heterocycles. The molecule has 1 aliphatic rings. The summed E-state index contributed by atoms with van der Waals surface area (Å²) in [5, 5.41) is 4.04. The van der Waals surface area contributed by atoms with Crippen LogP contribution in [-0.4, -0.2) is 18.1 Å². The van der Waals surface area contributed by atoms with Gasteiger partial charge in [-0.25, -0.2) is 4.98 Å². The number of nitrogens with zero attached hydrogens (tertiary/aromatic N) is 1. The summed E-state index contributed by atoms with van der Waals surface area (Å²) in [5.74, 6) is 0. The molecule has 0 spiro atoms. The van der Waals surface area contributed by atoms with Gasteiger partial charge in [-0.05, 0) is 50.4 Å². The highest BCUT2D eigenvalue weighted by molar-refractivity contribution is 6.29. The van der Waals surface area contributed by atoms with E-state index in [0.29, 0.717) is 5.15 Å². The Bertz CT molecular complexity index is 312. The molecule has 0 aliphatic carbocycles. The van der Waals surface area contributed by atoms with Crippen LogP contribution in [0.25, 0.3) is 0 Å². The van der Waals surface area contributed by atoms with E-state index in [-0.39, 0.29) is 0 Å². The van der Waals surface area contributed by atoms with Gasteiger partial charge in [-0.15, -0.1) is 0 Å². The predicted molar refractivity (Wildman–Crippen MR) is 58.8 cm³/mol. The summed E-state index contributed by atoms with van der Waals surface area (Å²) in [7, 11) is 0. The first-order valence-corrected chi connectivity index (χ1v) is 5.59. The van der Waals surface area contributed by atoms with Crippen LogP contribution in [0.1, 0.15) is 24.1 Å². The average Bonchev–Trinajstić information content (AvgIpc) is 2.29. The largest absolute Gasteiger partial charge is 0.317 e. The van der Waals surface area contributed by atoms with Crippen LogP contribution in [-0.2, 0) is 12.8 Å². The van der Waals surface area contributed by atoms with E-state index in [4.69, 9.17) is 11.6 Å². The van der Waals surface area contributed by atoms with Gasteiger partial charge < -0.3 is 5.32 Å². The quantitative estimate of drug-likeness (QED) is 0.665. The van der Waals surface area contributed by atoms with Gasteiger partial charge >= 0.3 is 0 Å². The number of halogens is 1. The molecule has 2 nitrogen and oxygen atoms in total. The number of pyridine rings is 1. The fraction of sp³-hybridized carbons (Fsp3) is 0.545. The fourth-order valence-corrected chi connectivity index (χ4v) is 2.02. The Hall–Kier alpha value is -0.600. The molecule has 0 bridgehead atoms. The highest BCUT2D eigenvalue weighted by Crippen LogP contribution is 2.15. The molecule has 0 unspecified atom stereocenters. The van der Waals surface area contributed by atoms with E-state index in [0.717, 1.165) is 32.4 Å². The smallest absolute Gasteiger partial charge is 0.129 e. The molecule has 76 valence electrons. The number of rotatable bonds is 0. The number of aromatic nitrogens is 1. The van der Waals surface area contributed by atoms with Crippen LogP contribution < -0.4 is 5.32 Å². The van der Waals surface area contributed by atoms with Crippen LogP contribution in [0.5, 0.6) is 0 Å². The fourth-order valence-electron chi connectivity index (χ4n) is 1.86. The lowest BCUT2D eigenvalue weighted by molar-refractivity contribution is 0.636. The van der Waals surface area contributed by atoms with Gasteiger partial charge in [0.1, 0.15) is 5.15 Å². The molecule has 0 amide bonds. The van der Waals surface area contributed by atoms with Crippen molar-refractivity contribution in [2.75, 3.05) is 13.1 Å². The average molecular weight is 211 g/mol. The minimum absolute atomic E-state index is 0.621. The SMILES string of the molecule is Clc1ccc2c(n1)CCCNCCC2. The van der Waals surface area contributed by atoms with Crippen molar-refractivity contribution < 1.29 is 0 Å². The van der Waals surface area contributed by atoms with Gasteiger partial charge in [0, 0.05) is 5.69 Å². The number of nitrogens with one attached hydrogen (secondary N) is 1. The number of hydrogen-bond acceptors (Lipinski definition) is 2. The third-order valence-corrected chi connectivity index (χ3v) is 2.81. The Morgan fingerprint density at radius 3 is 2.79 bits per heavy atom. The molecule has 0 atom stereocenters. The lowest BCUT2D eigenvalue weighted by Gasteiger charge is -2.06. The van der Waals surface area contributed by atoms with Crippen molar-refractivity contribution in [3.63, 3.8) is 0 Å². The first-order chi connectivity index (χ1) is 6.86. The Kier molecular flexibility index (Phi) is 3.38. The van der Waals surface area contributed by atoms with Gasteiger partial charge in [0.25, 0.3) is 0 Å². The zero-order valence-electron chi connectivity index (χ0n) is 8.22. The lowest BCUT2D eigenvalue weighted by atomic mass is 10.1. The van der Waals surface area contributed by atoms with E-state index in [1.165, 1.54) is 17.7 Å². The third kappa shape index (κ3) is 2.46. The standard InChI is InChI=1S/C11H15ClN2/c12-11-6-5-9-3-1-7-13-8-2-4-10(9)14-11/h5-6,13H,1-4,7-8H2. The van der Waals surface area contributed by atoms with Crippen molar-refractivity contribution in [3.05, 3.63) is 28.5 Å². The van der Waals surface area contributed by atoms with Crippen molar-refractivity contribution in [1.29, 1.82) is 0 Å². The van der Waals surface area contributed by atoms with E-state index < -0.39 is 0 Å². The highest BCUT2D eigenvalue weighted by atomic mass is 35.5. The van der Waals surface area contributed by atoms with Crippen molar-refractivity contribution >= 4 is 11.6 Å². The summed E-state index contributed by atoms with van der Waals surface area (Å²) in [5.41, 5.74) is 2.57. The van der Waals surface area contributed by atoms with Gasteiger partial charge in [-0.1, -0.05) is 17.7 Å². The number of hydrogen-bond donors (Lipinski definition) is 1. The van der Waals surface area contributed by atoms with Gasteiger partial charge in [0.15, 0.2) is 0 Å². The molecule has 0 saturated heterocycles. The lowest BCUT2D eigenvalue weighted by Crippen LogP contribution is -2.16. The van der Waals surface area contributed by atoms with E-state index in [9.17, 15) is 0 Å². The van der Waals surface area contributed by atoms with Crippen molar-refractivity contribution in [2.45, 2.75) is 25.7 Å². The minimum atomic E-state index is 0.621. The maximum atomic E-state index is 5.88. The van der Waals surface area contributed by atoms with Gasteiger partial charge in [-0.2, -0.15) is 0 Å². The molecule has 14 heavy (non-hydrogen) atoms. The first-order valence-electron chi connectivity index (χ1n) is 5.21. The maximum absolute atomic E-state index is 5.88. The Morgan fingerprint density at radius 1 is 1.14 bits per heavy atom. The third-order valence-electron chi connectivity index (χ3n) is 2.60. The molecule has 2 heterocycles. The second-order valence-corrected chi connectivity index (χ2v) is 4.08. The Labute approximate surface area is 89.7 Å². The van der Waals surface area contributed by atoms with E-state index in [1.807, 2.05) is 6.07 Å². The van der Waals surface area contributed by atoms with Crippen molar-refractivity contribution in [3.8, 4) is 0 Å². The zero-order valence-corrected chi connectivity index (χ0v) is 8.98. The van der Waals surface area contributed by atoms with E-state index >= 15 is 0 Å². The van der Waals surface area contributed by atoms with Crippen LogP contribution >= 0.6 is 11.6 Å². The van der Waals surface area contributed by atoms with Crippen LogP contribution in [0.15, 0.2) is 12.1 Å².